The normalized spacial score (nSPS) is 12.8. The summed E-state index contributed by atoms with van der Waals surface area (Å²) in [6, 6.07) is 0. The lowest BCUT2D eigenvalue weighted by Gasteiger charge is -2.06. The minimum Gasteiger partial charge on any atom is -0.330 e. The molecule has 0 aromatic rings. The predicted octanol–water partition coefficient (Wildman–Crippen LogP) is 2.90. The Labute approximate surface area is 88.3 Å². The molecule has 0 saturated heterocycles. The molecule has 1 atom stereocenters. The van der Waals surface area contributed by atoms with E-state index in [-0.39, 0.29) is 0 Å². The number of hydrogen-bond donors (Lipinski definition) is 1. The lowest BCUT2D eigenvalue weighted by atomic mass is 10.0. The van der Waals surface area contributed by atoms with Gasteiger partial charge in [-0.25, -0.2) is 0 Å². The summed E-state index contributed by atoms with van der Waals surface area (Å²) in [6.07, 6.45) is 7.23. The first-order valence-electron chi connectivity index (χ1n) is 5.92. The van der Waals surface area contributed by atoms with Gasteiger partial charge < -0.3 is 5.73 Å². The fourth-order valence-electron chi connectivity index (χ4n) is 1.40. The molecule has 0 aliphatic carbocycles. The number of ketones is 1. The molecule has 0 aliphatic rings. The van der Waals surface area contributed by atoms with E-state index in [1.807, 2.05) is 0 Å². The van der Waals surface area contributed by atoms with Crippen LogP contribution in [0.3, 0.4) is 0 Å². The molecule has 0 aromatic heterocycles. The highest BCUT2D eigenvalue weighted by Gasteiger charge is 2.04. The van der Waals surface area contributed by atoms with Crippen LogP contribution in [0.5, 0.6) is 0 Å². The monoisotopic (exact) mass is 199 g/mol. The number of unbranched alkanes of at least 4 members (excludes halogenated alkanes) is 3. The van der Waals surface area contributed by atoms with Gasteiger partial charge in [0.2, 0.25) is 0 Å². The molecule has 0 amide bonds. The highest BCUT2D eigenvalue weighted by molar-refractivity contribution is 5.78. The molecule has 84 valence electrons. The van der Waals surface area contributed by atoms with E-state index in [9.17, 15) is 4.79 Å². The molecule has 0 heterocycles. The third-order valence-corrected chi connectivity index (χ3v) is 2.63. The summed E-state index contributed by atoms with van der Waals surface area (Å²) >= 11 is 0. The average Bonchev–Trinajstić information content (AvgIpc) is 2.21. The Hall–Kier alpha value is -0.370. The van der Waals surface area contributed by atoms with Crippen LogP contribution in [0, 0.1) is 5.92 Å². The summed E-state index contributed by atoms with van der Waals surface area (Å²) in [5, 5.41) is 0. The van der Waals surface area contributed by atoms with E-state index < -0.39 is 0 Å². The van der Waals surface area contributed by atoms with Crippen molar-refractivity contribution < 1.29 is 4.79 Å². The van der Waals surface area contributed by atoms with Gasteiger partial charge in [0.15, 0.2) is 0 Å². The second kappa shape index (κ2) is 9.20. The number of hydrogen-bond acceptors (Lipinski definition) is 2. The Morgan fingerprint density at radius 2 is 1.93 bits per heavy atom. The van der Waals surface area contributed by atoms with Gasteiger partial charge in [-0.15, -0.1) is 0 Å². The van der Waals surface area contributed by atoms with Crippen molar-refractivity contribution >= 4 is 5.78 Å². The summed E-state index contributed by atoms with van der Waals surface area (Å²) in [4.78, 5) is 11.4. The van der Waals surface area contributed by atoms with Crippen molar-refractivity contribution in [3.8, 4) is 0 Å². The topological polar surface area (TPSA) is 43.1 Å². The molecular weight excluding hydrogens is 174 g/mol. The van der Waals surface area contributed by atoms with Crippen LogP contribution in [-0.4, -0.2) is 12.3 Å². The summed E-state index contributed by atoms with van der Waals surface area (Å²) in [6.45, 7) is 4.98. The van der Waals surface area contributed by atoms with Gasteiger partial charge in [0.25, 0.3) is 0 Å². The molecule has 0 rings (SSSR count). The maximum Gasteiger partial charge on any atom is 0.132 e. The highest BCUT2D eigenvalue weighted by atomic mass is 16.1. The van der Waals surface area contributed by atoms with Crippen molar-refractivity contribution in [1.29, 1.82) is 0 Å². The van der Waals surface area contributed by atoms with Crippen LogP contribution in [0.2, 0.25) is 0 Å². The van der Waals surface area contributed by atoms with E-state index in [1.165, 1.54) is 19.3 Å². The van der Waals surface area contributed by atoms with E-state index >= 15 is 0 Å². The Bertz CT molecular complexity index is 145. The number of carbonyl (C=O) groups is 1. The van der Waals surface area contributed by atoms with Crippen molar-refractivity contribution in [2.45, 2.75) is 58.8 Å². The first-order chi connectivity index (χ1) is 6.70. The molecule has 2 nitrogen and oxygen atoms in total. The van der Waals surface area contributed by atoms with E-state index in [1.54, 1.807) is 0 Å². The van der Waals surface area contributed by atoms with Gasteiger partial charge in [0, 0.05) is 12.8 Å². The van der Waals surface area contributed by atoms with Crippen LogP contribution in [0.25, 0.3) is 0 Å². The van der Waals surface area contributed by atoms with Gasteiger partial charge >= 0.3 is 0 Å². The minimum atomic E-state index is 0.418. The zero-order valence-corrected chi connectivity index (χ0v) is 9.72. The largest absolute Gasteiger partial charge is 0.330 e. The third kappa shape index (κ3) is 8.24. The van der Waals surface area contributed by atoms with Crippen molar-refractivity contribution in [2.75, 3.05) is 6.54 Å². The van der Waals surface area contributed by atoms with Crippen LogP contribution in [-0.2, 0) is 4.79 Å². The average molecular weight is 199 g/mol. The lowest BCUT2D eigenvalue weighted by molar-refractivity contribution is -0.119. The summed E-state index contributed by atoms with van der Waals surface area (Å²) in [5.74, 6) is 0.913. The Kier molecular flexibility index (Phi) is 8.95. The van der Waals surface area contributed by atoms with E-state index in [4.69, 9.17) is 5.73 Å². The molecule has 1 unspecified atom stereocenters. The van der Waals surface area contributed by atoms with Gasteiger partial charge in [-0.05, 0) is 25.3 Å². The number of nitrogens with two attached hydrogens (primary N) is 1. The quantitative estimate of drug-likeness (QED) is 0.580. The lowest BCUT2D eigenvalue weighted by Crippen LogP contribution is -2.12. The van der Waals surface area contributed by atoms with Gasteiger partial charge in [0.05, 0.1) is 0 Å². The molecule has 0 bridgehead atoms. The number of rotatable bonds is 9. The van der Waals surface area contributed by atoms with Gasteiger partial charge in [-0.1, -0.05) is 33.1 Å². The van der Waals surface area contributed by atoms with Crippen LogP contribution in [0.15, 0.2) is 0 Å². The standard InChI is InChI=1S/C12H25NO/c1-3-4-5-6-7-12(14)9-8-11(2)10-13/h11H,3-10,13H2,1-2H3. The van der Waals surface area contributed by atoms with Gasteiger partial charge in [0.1, 0.15) is 5.78 Å². The number of carbonyl (C=O) groups excluding carboxylic acids is 1. The number of Topliss-reactive ketones (excluding diaryl/α,β-unsaturated/α-hetero) is 1. The van der Waals surface area contributed by atoms with E-state index in [2.05, 4.69) is 13.8 Å². The van der Waals surface area contributed by atoms with Gasteiger partial charge in [-0.2, -0.15) is 0 Å². The SMILES string of the molecule is CCCCCCC(=O)CCC(C)CN. The maximum atomic E-state index is 11.4. The second-order valence-electron chi connectivity index (χ2n) is 4.23. The summed E-state index contributed by atoms with van der Waals surface area (Å²) < 4.78 is 0. The highest BCUT2D eigenvalue weighted by Crippen LogP contribution is 2.09. The molecule has 0 saturated carbocycles. The second-order valence-corrected chi connectivity index (χ2v) is 4.23. The van der Waals surface area contributed by atoms with Crippen LogP contribution in [0.4, 0.5) is 0 Å². The smallest absolute Gasteiger partial charge is 0.132 e. The van der Waals surface area contributed by atoms with Crippen molar-refractivity contribution in [3.63, 3.8) is 0 Å². The first-order valence-corrected chi connectivity index (χ1v) is 5.92. The van der Waals surface area contributed by atoms with Crippen molar-refractivity contribution in [1.82, 2.24) is 0 Å². The fraction of sp³-hybridized carbons (Fsp3) is 0.917. The first kappa shape index (κ1) is 13.6. The summed E-state index contributed by atoms with van der Waals surface area (Å²) in [5.41, 5.74) is 5.49. The van der Waals surface area contributed by atoms with Crippen molar-refractivity contribution in [2.24, 2.45) is 11.7 Å². The zero-order valence-electron chi connectivity index (χ0n) is 9.72. The Balaban J connectivity index is 3.28. The molecule has 0 aromatic carbocycles. The van der Waals surface area contributed by atoms with E-state index in [0.717, 1.165) is 25.7 Å². The molecule has 0 spiro atoms. The van der Waals surface area contributed by atoms with Crippen LogP contribution in [0.1, 0.15) is 58.8 Å². The molecule has 0 aliphatic heterocycles. The molecular formula is C12H25NO. The third-order valence-electron chi connectivity index (χ3n) is 2.63. The molecule has 14 heavy (non-hydrogen) atoms. The molecule has 0 fully saturated rings. The maximum absolute atomic E-state index is 11.4. The summed E-state index contributed by atoms with van der Waals surface area (Å²) in [7, 11) is 0. The molecule has 0 radical (unpaired) electrons. The Morgan fingerprint density at radius 3 is 2.50 bits per heavy atom. The zero-order chi connectivity index (χ0) is 10.8. The fourth-order valence-corrected chi connectivity index (χ4v) is 1.40. The van der Waals surface area contributed by atoms with Crippen molar-refractivity contribution in [3.05, 3.63) is 0 Å². The molecule has 2 N–H and O–H groups in total. The van der Waals surface area contributed by atoms with Gasteiger partial charge in [-0.3, -0.25) is 4.79 Å². The predicted molar refractivity (Wildman–Crippen MR) is 61.2 cm³/mol. The van der Waals surface area contributed by atoms with Crippen LogP contribution < -0.4 is 5.73 Å². The van der Waals surface area contributed by atoms with E-state index in [0.29, 0.717) is 18.2 Å². The molecule has 2 heteroatoms. The minimum absolute atomic E-state index is 0.418. The Morgan fingerprint density at radius 1 is 1.21 bits per heavy atom. The van der Waals surface area contributed by atoms with Crippen LogP contribution >= 0.6 is 0 Å².